The highest BCUT2D eigenvalue weighted by Gasteiger charge is 2.19. The number of unbranched alkanes of at least 4 members (excludes halogenated alkanes) is 28. The van der Waals surface area contributed by atoms with Crippen LogP contribution in [0.1, 0.15) is 252 Å². The minimum absolute atomic E-state index is 0.0699. The van der Waals surface area contributed by atoms with Crippen LogP contribution >= 0.6 is 0 Å². The van der Waals surface area contributed by atoms with Crippen LogP contribution in [0.25, 0.3) is 0 Å². The monoisotopic (exact) mass is 775 g/mol. The Balaban J connectivity index is 4.30. The van der Waals surface area contributed by atoms with Crippen molar-refractivity contribution in [1.82, 2.24) is 0 Å². The molecule has 1 atom stereocenters. The van der Waals surface area contributed by atoms with Crippen LogP contribution in [0.15, 0.2) is 24.3 Å². The zero-order valence-corrected chi connectivity index (χ0v) is 36.7. The van der Waals surface area contributed by atoms with E-state index in [4.69, 9.17) is 14.2 Å². The number of allylic oxidation sites excluding steroid dienone is 4. The van der Waals surface area contributed by atoms with E-state index in [9.17, 15) is 14.4 Å². The molecule has 6 nitrogen and oxygen atoms in total. The van der Waals surface area contributed by atoms with Gasteiger partial charge in [-0.05, 0) is 51.4 Å². The number of rotatable bonds is 43. The van der Waals surface area contributed by atoms with Crippen LogP contribution in [-0.2, 0) is 28.6 Å². The largest absolute Gasteiger partial charge is 0.462 e. The molecule has 0 saturated carbocycles. The molecule has 0 aromatic carbocycles. The Morgan fingerprint density at radius 1 is 0.364 bits per heavy atom. The molecule has 0 aliphatic carbocycles. The van der Waals surface area contributed by atoms with E-state index >= 15 is 0 Å². The molecule has 322 valence electrons. The molecule has 0 heterocycles. The Labute approximate surface area is 341 Å². The predicted molar refractivity (Wildman–Crippen MR) is 233 cm³/mol. The number of esters is 3. The molecule has 0 fully saturated rings. The van der Waals surface area contributed by atoms with Crippen molar-refractivity contribution in [2.24, 2.45) is 0 Å². The lowest BCUT2D eigenvalue weighted by Crippen LogP contribution is -2.30. The summed E-state index contributed by atoms with van der Waals surface area (Å²) in [5.41, 5.74) is 0. The molecular weight excluding hydrogens is 685 g/mol. The molecule has 0 aliphatic rings. The third-order valence-electron chi connectivity index (χ3n) is 10.5. The zero-order chi connectivity index (χ0) is 40.1. The Morgan fingerprint density at radius 3 is 1.04 bits per heavy atom. The lowest BCUT2D eigenvalue weighted by molar-refractivity contribution is -0.167. The molecule has 0 spiro atoms. The second kappa shape index (κ2) is 44.6. The van der Waals surface area contributed by atoms with E-state index in [1.807, 2.05) is 0 Å². The van der Waals surface area contributed by atoms with Crippen molar-refractivity contribution in [2.45, 2.75) is 258 Å². The van der Waals surface area contributed by atoms with Crippen molar-refractivity contribution < 1.29 is 28.6 Å². The van der Waals surface area contributed by atoms with Gasteiger partial charge in [-0.3, -0.25) is 14.4 Å². The van der Waals surface area contributed by atoms with E-state index in [2.05, 4.69) is 45.1 Å². The highest BCUT2D eigenvalue weighted by Crippen LogP contribution is 2.15. The maximum Gasteiger partial charge on any atom is 0.306 e. The van der Waals surface area contributed by atoms with Crippen LogP contribution < -0.4 is 0 Å². The Morgan fingerprint density at radius 2 is 0.655 bits per heavy atom. The average molecular weight is 775 g/mol. The zero-order valence-electron chi connectivity index (χ0n) is 36.7. The number of hydrogen-bond donors (Lipinski definition) is 0. The summed E-state index contributed by atoms with van der Waals surface area (Å²) in [5, 5.41) is 0. The van der Waals surface area contributed by atoms with Crippen LogP contribution in [0.4, 0.5) is 0 Å². The Bertz CT molecular complexity index is 896. The molecule has 0 aliphatic heterocycles. The Hall–Kier alpha value is -2.11. The molecule has 6 heteroatoms. The summed E-state index contributed by atoms with van der Waals surface area (Å²) in [6.45, 7) is 6.59. The summed E-state index contributed by atoms with van der Waals surface area (Å²) in [6.07, 6.45) is 48.7. The minimum Gasteiger partial charge on any atom is -0.462 e. The summed E-state index contributed by atoms with van der Waals surface area (Å²) in [7, 11) is 0. The van der Waals surface area contributed by atoms with Gasteiger partial charge < -0.3 is 14.2 Å². The quantitative estimate of drug-likeness (QED) is 0.0266. The second-order valence-electron chi connectivity index (χ2n) is 16.0. The third kappa shape index (κ3) is 42.9. The van der Waals surface area contributed by atoms with E-state index in [1.54, 1.807) is 0 Å². The van der Waals surface area contributed by atoms with Gasteiger partial charge in [0.2, 0.25) is 0 Å². The Kier molecular flexibility index (Phi) is 42.9. The molecule has 0 aromatic rings. The molecule has 0 bridgehead atoms. The molecule has 0 rings (SSSR count). The summed E-state index contributed by atoms with van der Waals surface area (Å²) in [4.78, 5) is 37.7. The van der Waals surface area contributed by atoms with Crippen molar-refractivity contribution in [3.05, 3.63) is 24.3 Å². The van der Waals surface area contributed by atoms with E-state index in [1.165, 1.54) is 141 Å². The van der Waals surface area contributed by atoms with Gasteiger partial charge in [-0.25, -0.2) is 0 Å². The standard InChI is InChI=1S/C49H90O6/c1-4-7-10-13-16-19-21-22-23-24-25-26-28-30-33-36-39-42-48(51)54-45-46(44-53-47(50)41-38-35-32-29-18-15-12-9-6-3)55-49(52)43-40-37-34-31-27-20-17-14-11-8-5-2/h16,19,22-23,46H,4-15,17-18,20-21,24-45H2,1-3H3/b19-16-,23-22-/t46-/m1/s1. The minimum atomic E-state index is -0.766. The summed E-state index contributed by atoms with van der Waals surface area (Å²) < 4.78 is 16.7. The highest BCUT2D eigenvalue weighted by molar-refractivity contribution is 5.71. The lowest BCUT2D eigenvalue weighted by Gasteiger charge is -2.18. The first kappa shape index (κ1) is 52.9. The highest BCUT2D eigenvalue weighted by atomic mass is 16.6. The number of carbonyl (C=O) groups is 3. The van der Waals surface area contributed by atoms with Crippen molar-refractivity contribution in [3.63, 3.8) is 0 Å². The molecule has 0 radical (unpaired) electrons. The van der Waals surface area contributed by atoms with Gasteiger partial charge in [-0.15, -0.1) is 0 Å². The van der Waals surface area contributed by atoms with Gasteiger partial charge >= 0.3 is 17.9 Å². The third-order valence-corrected chi connectivity index (χ3v) is 10.5. The molecule has 0 amide bonds. The van der Waals surface area contributed by atoms with Crippen LogP contribution in [0, 0.1) is 0 Å². The molecule has 0 aromatic heterocycles. The fourth-order valence-corrected chi connectivity index (χ4v) is 6.82. The average Bonchev–Trinajstić information content (AvgIpc) is 3.18. The first-order valence-electron chi connectivity index (χ1n) is 23.8. The normalized spacial score (nSPS) is 12.1. The topological polar surface area (TPSA) is 78.9 Å². The smallest absolute Gasteiger partial charge is 0.306 e. The molecule has 0 unspecified atom stereocenters. The van der Waals surface area contributed by atoms with Crippen molar-refractivity contribution in [2.75, 3.05) is 13.2 Å². The van der Waals surface area contributed by atoms with Gasteiger partial charge in [0, 0.05) is 19.3 Å². The van der Waals surface area contributed by atoms with Crippen LogP contribution in [-0.4, -0.2) is 37.2 Å². The SMILES string of the molecule is CCCCC/C=C\C/C=C\CCCCCCCCCC(=O)OC[C@@H](COC(=O)CCCCCCCCCCC)OC(=O)CCCCCCCCCCCCC. The maximum absolute atomic E-state index is 12.7. The number of hydrogen-bond acceptors (Lipinski definition) is 6. The van der Waals surface area contributed by atoms with E-state index in [0.29, 0.717) is 19.3 Å². The van der Waals surface area contributed by atoms with Gasteiger partial charge in [-0.1, -0.05) is 206 Å². The van der Waals surface area contributed by atoms with Crippen LogP contribution in [0.2, 0.25) is 0 Å². The van der Waals surface area contributed by atoms with E-state index < -0.39 is 6.10 Å². The van der Waals surface area contributed by atoms with E-state index in [0.717, 1.165) is 70.6 Å². The van der Waals surface area contributed by atoms with Gasteiger partial charge in [0.15, 0.2) is 6.10 Å². The molecule has 0 saturated heterocycles. The van der Waals surface area contributed by atoms with Gasteiger partial charge in [0.25, 0.3) is 0 Å². The first-order valence-corrected chi connectivity index (χ1v) is 23.8. The number of ether oxygens (including phenoxy) is 3. The summed E-state index contributed by atoms with van der Waals surface area (Å²) in [5.74, 6) is -0.874. The number of carbonyl (C=O) groups excluding carboxylic acids is 3. The molecule has 55 heavy (non-hydrogen) atoms. The summed E-state index contributed by atoms with van der Waals surface area (Å²) in [6, 6.07) is 0. The fourth-order valence-electron chi connectivity index (χ4n) is 6.82. The second-order valence-corrected chi connectivity index (χ2v) is 16.0. The molecule has 0 N–H and O–H groups in total. The molecular formula is C49H90O6. The maximum atomic E-state index is 12.7. The van der Waals surface area contributed by atoms with Crippen molar-refractivity contribution >= 4 is 17.9 Å². The fraction of sp³-hybridized carbons (Fsp3) is 0.857. The van der Waals surface area contributed by atoms with Gasteiger partial charge in [0.05, 0.1) is 0 Å². The van der Waals surface area contributed by atoms with Crippen molar-refractivity contribution in [1.29, 1.82) is 0 Å². The predicted octanol–water partition coefficient (Wildman–Crippen LogP) is 15.2. The van der Waals surface area contributed by atoms with Crippen LogP contribution in [0.3, 0.4) is 0 Å². The summed E-state index contributed by atoms with van der Waals surface area (Å²) >= 11 is 0. The van der Waals surface area contributed by atoms with E-state index in [-0.39, 0.29) is 31.1 Å². The van der Waals surface area contributed by atoms with Crippen LogP contribution in [0.5, 0.6) is 0 Å². The van der Waals surface area contributed by atoms with Gasteiger partial charge in [0.1, 0.15) is 13.2 Å². The van der Waals surface area contributed by atoms with Crippen molar-refractivity contribution in [3.8, 4) is 0 Å². The van der Waals surface area contributed by atoms with Gasteiger partial charge in [-0.2, -0.15) is 0 Å². The first-order chi connectivity index (χ1) is 27.0. The lowest BCUT2D eigenvalue weighted by atomic mass is 10.1.